The lowest BCUT2D eigenvalue weighted by atomic mass is 10.0. The molecule has 368 valence electrons. The Hall–Kier alpha value is -1.71. The van der Waals surface area contributed by atoms with Crippen LogP contribution in [0.3, 0.4) is 0 Å². The van der Waals surface area contributed by atoms with E-state index in [1.165, 1.54) is 155 Å². The number of nitrogens with two attached hydrogens (primary N) is 1. The fourth-order valence-corrected chi connectivity index (χ4v) is 9.81. The number of nitrogens with zero attached hydrogens (tertiary/aromatic N) is 2. The Bertz CT molecular complexity index is 1410. The van der Waals surface area contributed by atoms with Crippen LogP contribution in [0.4, 0.5) is 5.82 Å². The van der Waals surface area contributed by atoms with E-state index in [-0.39, 0.29) is 12.4 Å². The number of hydrogen-bond acceptors (Lipinski definition) is 13. The van der Waals surface area contributed by atoms with Gasteiger partial charge in [0, 0.05) is 19.3 Å². The number of phosphoric ester groups is 1. The van der Waals surface area contributed by atoms with E-state index in [9.17, 15) is 29.3 Å². The summed E-state index contributed by atoms with van der Waals surface area (Å²) >= 11 is 1.62. The molecular formula is C47H88N3O11PS. The zero-order chi connectivity index (χ0) is 46.0. The van der Waals surface area contributed by atoms with Gasteiger partial charge in [-0.2, -0.15) is 16.7 Å². The molecule has 1 aliphatic rings. The van der Waals surface area contributed by atoms with Crippen molar-refractivity contribution in [3.63, 3.8) is 0 Å². The summed E-state index contributed by atoms with van der Waals surface area (Å²) in [4.78, 5) is 40.2. The van der Waals surface area contributed by atoms with Crippen LogP contribution in [0.15, 0.2) is 11.0 Å². The highest BCUT2D eigenvalue weighted by atomic mass is 32.2. The van der Waals surface area contributed by atoms with Crippen LogP contribution < -0.4 is 15.9 Å². The van der Waals surface area contributed by atoms with E-state index >= 15 is 0 Å². The fourth-order valence-electron chi connectivity index (χ4n) is 8.01. The monoisotopic (exact) mass is 934 g/mol. The third-order valence-electron chi connectivity index (χ3n) is 11.9. The van der Waals surface area contributed by atoms with E-state index in [0.717, 1.165) is 48.6 Å². The first-order chi connectivity index (χ1) is 30.6. The van der Waals surface area contributed by atoms with Gasteiger partial charge in [-0.3, -0.25) is 18.8 Å². The molecule has 0 bridgehead atoms. The Balaban J connectivity index is 1.81. The Labute approximate surface area is 384 Å². The second-order valence-corrected chi connectivity index (χ2v) is 20.0. The molecule has 2 heterocycles. The molecule has 6 atom stereocenters. The highest BCUT2D eigenvalue weighted by Crippen LogP contribution is 2.45. The quantitative estimate of drug-likeness (QED) is 0.0274. The van der Waals surface area contributed by atoms with Gasteiger partial charge in [0.05, 0.1) is 19.4 Å². The van der Waals surface area contributed by atoms with Gasteiger partial charge in [-0.25, -0.2) is 9.36 Å². The lowest BCUT2D eigenvalue weighted by molar-refractivity contribution is -0.149. The van der Waals surface area contributed by atoms with Gasteiger partial charge in [0.1, 0.15) is 24.4 Å². The van der Waals surface area contributed by atoms with Crippen molar-refractivity contribution in [2.45, 2.75) is 237 Å². The smallest absolute Gasteiger partial charge is 0.459 e. The van der Waals surface area contributed by atoms with Crippen molar-refractivity contribution in [3.05, 3.63) is 16.7 Å². The van der Waals surface area contributed by atoms with Crippen LogP contribution in [0.2, 0.25) is 0 Å². The molecular weight excluding hydrogens is 846 g/mol. The zero-order valence-corrected chi connectivity index (χ0v) is 41.2. The molecule has 0 saturated carbocycles. The normalized spacial score (nSPS) is 19.0. The summed E-state index contributed by atoms with van der Waals surface area (Å²) in [6, 6.07) is 0. The number of carbonyl (C=O) groups is 1. The van der Waals surface area contributed by atoms with Gasteiger partial charge in [0.15, 0.2) is 17.8 Å². The summed E-state index contributed by atoms with van der Waals surface area (Å²) in [7, 11) is -3.58. The minimum absolute atomic E-state index is 0.257. The molecule has 1 aliphatic heterocycles. The molecule has 1 aromatic rings. The van der Waals surface area contributed by atoms with Crippen LogP contribution in [-0.4, -0.2) is 86.9 Å². The first-order valence-electron chi connectivity index (χ1n) is 24.9. The Morgan fingerprint density at radius 2 is 1.27 bits per heavy atom. The van der Waals surface area contributed by atoms with Gasteiger partial charge in [0.25, 0.3) is 0 Å². The molecule has 0 amide bonds. The molecule has 0 radical (unpaired) electrons. The topological polar surface area (TPSA) is 202 Å². The van der Waals surface area contributed by atoms with Crippen LogP contribution in [0.25, 0.3) is 0 Å². The molecule has 1 aromatic heterocycles. The van der Waals surface area contributed by atoms with Crippen LogP contribution in [0.1, 0.15) is 213 Å². The molecule has 0 spiro atoms. The van der Waals surface area contributed by atoms with Gasteiger partial charge in [0.2, 0.25) is 0 Å². The maximum Gasteiger partial charge on any atom is 0.527 e. The number of phosphoric acid groups is 1. The molecule has 16 heteroatoms. The lowest BCUT2D eigenvalue weighted by Gasteiger charge is -2.22. The van der Waals surface area contributed by atoms with E-state index < -0.39 is 68.9 Å². The molecule has 0 aromatic carbocycles. The molecule has 14 nitrogen and oxygen atoms in total. The fraction of sp³-hybridized carbons (Fsp3) is 0.894. The average Bonchev–Trinajstić information content (AvgIpc) is 3.59. The second-order valence-electron chi connectivity index (χ2n) is 17.5. The molecule has 5 N–H and O–H groups in total. The van der Waals surface area contributed by atoms with Crippen molar-refractivity contribution in [2.24, 2.45) is 0 Å². The van der Waals surface area contributed by atoms with Crippen molar-refractivity contribution >= 4 is 31.4 Å². The van der Waals surface area contributed by atoms with Crippen LogP contribution in [0, 0.1) is 0 Å². The summed E-state index contributed by atoms with van der Waals surface area (Å²) in [5.74, 6) is -0.0646. The molecule has 63 heavy (non-hydrogen) atoms. The average molecular weight is 934 g/mol. The SMILES string of the molecule is CCCCCCCCCCCCCCCCCCSCC(COP(=O)(O)Oc1cn([C@@H]2O[C@H](CO)[C@@H](O)[C@H]2OC)c(=O)nc1N)OC(=O)CCCCCCCCCCCCCCC. The predicted octanol–water partition coefficient (Wildman–Crippen LogP) is 11.0. The number of ether oxygens (including phenoxy) is 3. The van der Waals surface area contributed by atoms with Gasteiger partial charge in [-0.15, -0.1) is 0 Å². The number of aliphatic hydroxyl groups is 2. The Morgan fingerprint density at radius 3 is 1.73 bits per heavy atom. The second kappa shape index (κ2) is 36.4. The minimum Gasteiger partial charge on any atom is -0.459 e. The van der Waals surface area contributed by atoms with Gasteiger partial charge in [-0.1, -0.05) is 187 Å². The van der Waals surface area contributed by atoms with E-state index in [2.05, 4.69) is 18.8 Å². The van der Waals surface area contributed by atoms with E-state index in [0.29, 0.717) is 12.2 Å². The number of esters is 1. The molecule has 2 unspecified atom stereocenters. The number of hydrogen-bond donors (Lipinski definition) is 4. The van der Waals surface area contributed by atoms with Crippen molar-refractivity contribution in [1.29, 1.82) is 0 Å². The maximum atomic E-state index is 13.2. The number of aromatic nitrogens is 2. The number of rotatable bonds is 42. The van der Waals surface area contributed by atoms with Crippen molar-refractivity contribution in [2.75, 3.05) is 37.6 Å². The number of methoxy groups -OCH3 is 1. The number of nitrogen functional groups attached to an aromatic ring is 1. The lowest BCUT2D eigenvalue weighted by Crippen LogP contribution is -2.37. The van der Waals surface area contributed by atoms with Crippen molar-refractivity contribution in [1.82, 2.24) is 9.55 Å². The van der Waals surface area contributed by atoms with Gasteiger partial charge < -0.3 is 34.7 Å². The molecule has 1 saturated heterocycles. The summed E-state index contributed by atoms with van der Waals surface area (Å²) < 4.78 is 41.4. The first-order valence-corrected chi connectivity index (χ1v) is 27.5. The largest absolute Gasteiger partial charge is 0.527 e. The molecule has 0 aliphatic carbocycles. The van der Waals surface area contributed by atoms with Crippen molar-refractivity contribution in [3.8, 4) is 5.75 Å². The van der Waals surface area contributed by atoms with E-state index in [1.807, 2.05) is 0 Å². The third-order valence-corrected chi connectivity index (χ3v) is 13.9. The molecule has 1 fully saturated rings. The standard InChI is InChI=1S/C47H88N3O11PS/c1-4-6-8-10-12-14-16-18-19-20-22-24-26-28-30-32-34-63-38-39(59-42(52)33-31-29-27-25-23-21-17-15-13-11-9-7-5-2)37-58-62(55,56)61-40-35-50(47(54)49-45(40)48)46-44(57-3)43(53)41(36-51)60-46/h35,39,41,43-44,46,51,53H,4-34,36-38H2,1-3H3,(H,55,56)(H2,48,49,54)/t39?,41-,43-,44-,46-/m1/s1. The molecule has 2 rings (SSSR count). The first kappa shape index (κ1) is 57.4. The summed E-state index contributed by atoms with van der Waals surface area (Å²) in [6.45, 7) is 3.56. The predicted molar refractivity (Wildman–Crippen MR) is 254 cm³/mol. The highest BCUT2D eigenvalue weighted by Gasteiger charge is 2.45. The van der Waals surface area contributed by atoms with Crippen LogP contribution >= 0.6 is 19.6 Å². The highest BCUT2D eigenvalue weighted by molar-refractivity contribution is 7.99. The third kappa shape index (κ3) is 26.3. The maximum absolute atomic E-state index is 13.2. The van der Waals surface area contributed by atoms with E-state index in [1.54, 1.807) is 11.8 Å². The van der Waals surface area contributed by atoms with Gasteiger partial charge >= 0.3 is 19.5 Å². The summed E-state index contributed by atoms with van der Waals surface area (Å²) in [5.41, 5.74) is 5.00. The number of aliphatic hydroxyl groups excluding tert-OH is 2. The number of anilines is 1. The number of thioether (sulfide) groups is 1. The van der Waals surface area contributed by atoms with Crippen LogP contribution in [-0.2, 0) is 28.1 Å². The Kier molecular flexibility index (Phi) is 33.2. The van der Waals surface area contributed by atoms with E-state index in [4.69, 9.17) is 29.0 Å². The van der Waals surface area contributed by atoms with Crippen LogP contribution in [0.5, 0.6) is 5.75 Å². The Morgan fingerprint density at radius 1 is 0.810 bits per heavy atom. The number of carbonyl (C=O) groups excluding carboxylic acids is 1. The summed E-state index contributed by atoms with van der Waals surface area (Å²) in [6.07, 6.45) is 32.3. The minimum atomic E-state index is -4.88. The van der Waals surface area contributed by atoms with Crippen molar-refractivity contribution < 1.29 is 47.7 Å². The summed E-state index contributed by atoms with van der Waals surface area (Å²) in [5, 5.41) is 20.0. The van der Waals surface area contributed by atoms with Gasteiger partial charge in [-0.05, 0) is 18.6 Å². The number of unbranched alkanes of at least 4 members (excludes halogenated alkanes) is 27. The zero-order valence-electron chi connectivity index (χ0n) is 39.4.